The lowest BCUT2D eigenvalue weighted by molar-refractivity contribution is 0.0278. The molecule has 0 atom stereocenters. The lowest BCUT2D eigenvalue weighted by Gasteiger charge is -2.48. The van der Waals surface area contributed by atoms with Crippen molar-refractivity contribution in [3.8, 4) is 0 Å². The Morgan fingerprint density at radius 2 is 1.70 bits per heavy atom. The molecular formula is C18H38N2. The summed E-state index contributed by atoms with van der Waals surface area (Å²) in [4.78, 5) is 2.77. The summed E-state index contributed by atoms with van der Waals surface area (Å²) < 4.78 is 0. The fourth-order valence-electron chi connectivity index (χ4n) is 3.92. The molecule has 0 aliphatic heterocycles. The van der Waals surface area contributed by atoms with Crippen LogP contribution in [-0.2, 0) is 0 Å². The van der Waals surface area contributed by atoms with Gasteiger partial charge in [0.1, 0.15) is 0 Å². The summed E-state index contributed by atoms with van der Waals surface area (Å²) in [6.45, 7) is 12.7. The van der Waals surface area contributed by atoms with Gasteiger partial charge in [0.25, 0.3) is 0 Å². The number of nitrogens with two attached hydrogens (primary N) is 1. The van der Waals surface area contributed by atoms with E-state index in [4.69, 9.17) is 5.73 Å². The second kappa shape index (κ2) is 9.04. The molecule has 0 aromatic carbocycles. The van der Waals surface area contributed by atoms with E-state index in [9.17, 15) is 0 Å². The lowest BCUT2D eigenvalue weighted by atomic mass is 9.74. The molecule has 20 heavy (non-hydrogen) atoms. The van der Waals surface area contributed by atoms with Crippen LogP contribution >= 0.6 is 0 Å². The van der Waals surface area contributed by atoms with Crippen LogP contribution < -0.4 is 5.73 Å². The van der Waals surface area contributed by atoms with E-state index in [0.717, 1.165) is 18.4 Å². The molecule has 1 saturated carbocycles. The number of hydrogen-bond acceptors (Lipinski definition) is 2. The maximum absolute atomic E-state index is 6.27. The second-order valence-corrected chi connectivity index (χ2v) is 6.91. The summed E-state index contributed by atoms with van der Waals surface area (Å²) in [6.07, 6.45) is 10.6. The van der Waals surface area contributed by atoms with Gasteiger partial charge >= 0.3 is 0 Å². The van der Waals surface area contributed by atoms with Gasteiger partial charge in [-0.2, -0.15) is 0 Å². The smallest absolute Gasteiger partial charge is 0.0332 e. The third-order valence-electron chi connectivity index (χ3n) is 5.79. The van der Waals surface area contributed by atoms with E-state index in [1.807, 2.05) is 0 Å². The van der Waals surface area contributed by atoms with Gasteiger partial charge in [0, 0.05) is 18.6 Å². The first-order valence-corrected chi connectivity index (χ1v) is 9.10. The molecule has 0 amide bonds. The molecule has 0 heterocycles. The molecule has 1 aliphatic rings. The minimum absolute atomic E-state index is 0.310. The van der Waals surface area contributed by atoms with Crippen LogP contribution in [0, 0.1) is 11.8 Å². The van der Waals surface area contributed by atoms with Gasteiger partial charge in [-0.3, -0.25) is 4.90 Å². The molecule has 2 N–H and O–H groups in total. The molecule has 1 fully saturated rings. The highest BCUT2D eigenvalue weighted by atomic mass is 15.2. The van der Waals surface area contributed by atoms with Crippen molar-refractivity contribution in [3.05, 3.63) is 0 Å². The molecule has 2 heteroatoms. The number of hydrogen-bond donors (Lipinski definition) is 1. The van der Waals surface area contributed by atoms with E-state index in [1.54, 1.807) is 0 Å². The Morgan fingerprint density at radius 1 is 1.10 bits per heavy atom. The van der Waals surface area contributed by atoms with Crippen LogP contribution in [0.25, 0.3) is 0 Å². The van der Waals surface area contributed by atoms with Crippen LogP contribution in [0.4, 0.5) is 0 Å². The van der Waals surface area contributed by atoms with Crippen LogP contribution in [0.3, 0.4) is 0 Å². The van der Waals surface area contributed by atoms with E-state index < -0.39 is 0 Å². The van der Waals surface area contributed by atoms with Gasteiger partial charge in [-0.15, -0.1) is 0 Å². The van der Waals surface area contributed by atoms with Crippen LogP contribution in [-0.4, -0.2) is 30.1 Å². The molecule has 0 aromatic rings. The molecule has 1 aliphatic carbocycles. The molecule has 120 valence electrons. The molecule has 0 saturated heterocycles. The predicted octanol–water partition coefficient (Wildman–Crippen LogP) is 4.43. The fraction of sp³-hybridized carbons (Fsp3) is 1.00. The van der Waals surface area contributed by atoms with Crippen molar-refractivity contribution in [2.24, 2.45) is 17.6 Å². The SMILES string of the molecule is CCCN(CC(CC)CC)C1(CN)CCC(CC)CC1. The standard InChI is InChI=1S/C18H38N2/c1-5-13-20(14-16(6-2)7-3)18(15-19)11-9-17(8-4)10-12-18/h16-17H,5-15,19H2,1-4H3. The zero-order valence-corrected chi connectivity index (χ0v) is 14.5. The molecule has 0 aromatic heterocycles. The van der Waals surface area contributed by atoms with Crippen LogP contribution in [0.5, 0.6) is 0 Å². The first-order valence-electron chi connectivity index (χ1n) is 9.10. The zero-order valence-electron chi connectivity index (χ0n) is 14.5. The fourth-order valence-corrected chi connectivity index (χ4v) is 3.92. The first kappa shape index (κ1) is 18.0. The van der Waals surface area contributed by atoms with E-state index in [2.05, 4.69) is 32.6 Å². The highest BCUT2D eigenvalue weighted by molar-refractivity contribution is 4.96. The summed E-state index contributed by atoms with van der Waals surface area (Å²) in [7, 11) is 0. The number of nitrogens with zero attached hydrogens (tertiary/aromatic N) is 1. The molecule has 1 rings (SSSR count). The monoisotopic (exact) mass is 282 g/mol. The van der Waals surface area contributed by atoms with Gasteiger partial charge < -0.3 is 5.73 Å². The van der Waals surface area contributed by atoms with Crippen LogP contribution in [0.1, 0.15) is 79.1 Å². The van der Waals surface area contributed by atoms with Gasteiger partial charge in [-0.25, -0.2) is 0 Å². The Hall–Kier alpha value is -0.0800. The summed E-state index contributed by atoms with van der Waals surface area (Å²) in [5.74, 6) is 1.79. The van der Waals surface area contributed by atoms with Crippen LogP contribution in [0.2, 0.25) is 0 Å². The second-order valence-electron chi connectivity index (χ2n) is 6.91. The van der Waals surface area contributed by atoms with Gasteiger partial charge in [-0.1, -0.05) is 47.0 Å². The van der Waals surface area contributed by atoms with Gasteiger partial charge in [0.15, 0.2) is 0 Å². The first-order chi connectivity index (χ1) is 9.65. The maximum Gasteiger partial charge on any atom is 0.0332 e. The largest absolute Gasteiger partial charge is 0.329 e. The van der Waals surface area contributed by atoms with Crippen molar-refractivity contribution < 1.29 is 0 Å². The summed E-state index contributed by atoms with van der Waals surface area (Å²) in [5.41, 5.74) is 6.58. The summed E-state index contributed by atoms with van der Waals surface area (Å²) in [6, 6.07) is 0. The molecule has 0 spiro atoms. The van der Waals surface area contributed by atoms with Crippen molar-refractivity contribution in [2.75, 3.05) is 19.6 Å². The van der Waals surface area contributed by atoms with E-state index >= 15 is 0 Å². The molecule has 0 unspecified atom stereocenters. The highest BCUT2D eigenvalue weighted by Gasteiger charge is 2.38. The quantitative estimate of drug-likeness (QED) is 0.678. The molecule has 0 bridgehead atoms. The zero-order chi connectivity index (χ0) is 15.0. The highest BCUT2D eigenvalue weighted by Crippen LogP contribution is 2.38. The Balaban J connectivity index is 2.75. The Kier molecular flexibility index (Phi) is 8.13. The minimum Gasteiger partial charge on any atom is -0.329 e. The third kappa shape index (κ3) is 4.46. The van der Waals surface area contributed by atoms with Crippen molar-refractivity contribution in [2.45, 2.75) is 84.6 Å². The normalized spacial score (nSPS) is 27.4. The Labute approximate surface area is 127 Å². The van der Waals surface area contributed by atoms with E-state index in [1.165, 1.54) is 64.5 Å². The van der Waals surface area contributed by atoms with Gasteiger partial charge in [0.2, 0.25) is 0 Å². The average Bonchev–Trinajstić information content (AvgIpc) is 2.51. The number of rotatable bonds is 9. The topological polar surface area (TPSA) is 29.3 Å². The van der Waals surface area contributed by atoms with Gasteiger partial charge in [-0.05, 0) is 50.5 Å². The molecule has 0 radical (unpaired) electrons. The minimum atomic E-state index is 0.310. The lowest BCUT2D eigenvalue weighted by Crippen LogP contribution is -2.57. The third-order valence-corrected chi connectivity index (χ3v) is 5.79. The Bertz CT molecular complexity index is 240. The average molecular weight is 283 g/mol. The van der Waals surface area contributed by atoms with Crippen LogP contribution in [0.15, 0.2) is 0 Å². The van der Waals surface area contributed by atoms with Crippen molar-refractivity contribution >= 4 is 0 Å². The summed E-state index contributed by atoms with van der Waals surface area (Å²) in [5, 5.41) is 0. The van der Waals surface area contributed by atoms with Crippen molar-refractivity contribution in [1.29, 1.82) is 0 Å². The van der Waals surface area contributed by atoms with Gasteiger partial charge in [0.05, 0.1) is 0 Å². The maximum atomic E-state index is 6.27. The predicted molar refractivity (Wildman–Crippen MR) is 90.0 cm³/mol. The summed E-state index contributed by atoms with van der Waals surface area (Å²) >= 11 is 0. The van der Waals surface area contributed by atoms with Crippen molar-refractivity contribution in [1.82, 2.24) is 4.90 Å². The molecular weight excluding hydrogens is 244 g/mol. The van der Waals surface area contributed by atoms with E-state index in [0.29, 0.717) is 5.54 Å². The Morgan fingerprint density at radius 3 is 2.10 bits per heavy atom. The molecule has 2 nitrogen and oxygen atoms in total. The van der Waals surface area contributed by atoms with Crippen molar-refractivity contribution in [3.63, 3.8) is 0 Å². The van der Waals surface area contributed by atoms with E-state index in [-0.39, 0.29) is 0 Å².